The van der Waals surface area contributed by atoms with Crippen LogP contribution in [-0.2, 0) is 0 Å². The Labute approximate surface area is 92.0 Å². The van der Waals surface area contributed by atoms with Gasteiger partial charge in [-0.1, -0.05) is 19.4 Å². The highest BCUT2D eigenvalue weighted by atomic mass is 16.5. The molecule has 1 atom stereocenters. The van der Waals surface area contributed by atoms with Crippen molar-refractivity contribution in [1.29, 1.82) is 0 Å². The molecular weight excluding hydrogens is 186 g/mol. The van der Waals surface area contributed by atoms with Crippen LogP contribution >= 0.6 is 0 Å². The molecule has 0 aliphatic carbocycles. The minimum Gasteiger partial charge on any atom is -0.497 e. The number of nitrogens with one attached hydrogen (secondary N) is 1. The first-order chi connectivity index (χ1) is 7.30. The molecule has 0 radical (unpaired) electrons. The number of hydrogen-bond donors (Lipinski definition) is 1. The highest BCUT2D eigenvalue weighted by Gasteiger charge is 2.02. The van der Waals surface area contributed by atoms with Gasteiger partial charge in [-0.25, -0.2) is 0 Å². The minimum atomic E-state index is 0.350. The van der Waals surface area contributed by atoms with Crippen LogP contribution in [-0.4, -0.2) is 13.2 Å². The molecule has 0 amide bonds. The van der Waals surface area contributed by atoms with Crippen molar-refractivity contribution < 1.29 is 4.74 Å². The van der Waals surface area contributed by atoms with E-state index in [1.165, 1.54) is 0 Å². The van der Waals surface area contributed by atoms with Crippen LogP contribution in [0.4, 0.5) is 5.69 Å². The molecule has 0 aliphatic rings. The van der Waals surface area contributed by atoms with Crippen LogP contribution in [0.5, 0.6) is 5.75 Å². The molecule has 1 rings (SSSR count). The first kappa shape index (κ1) is 11.6. The minimum absolute atomic E-state index is 0.350. The van der Waals surface area contributed by atoms with Gasteiger partial charge in [0.2, 0.25) is 0 Å². The lowest BCUT2D eigenvalue weighted by molar-refractivity contribution is 0.415. The maximum atomic E-state index is 5.10. The van der Waals surface area contributed by atoms with E-state index in [0.717, 1.165) is 24.3 Å². The fourth-order valence-corrected chi connectivity index (χ4v) is 1.46. The molecule has 0 spiro atoms. The van der Waals surface area contributed by atoms with Crippen LogP contribution < -0.4 is 10.1 Å². The highest BCUT2D eigenvalue weighted by Crippen LogP contribution is 2.16. The van der Waals surface area contributed by atoms with Crippen LogP contribution in [0.15, 0.2) is 36.9 Å². The van der Waals surface area contributed by atoms with Crippen molar-refractivity contribution in [1.82, 2.24) is 0 Å². The molecule has 1 N–H and O–H groups in total. The molecule has 0 bridgehead atoms. The average molecular weight is 205 g/mol. The molecule has 1 aromatic rings. The summed E-state index contributed by atoms with van der Waals surface area (Å²) in [6, 6.07) is 8.29. The van der Waals surface area contributed by atoms with E-state index >= 15 is 0 Å². The van der Waals surface area contributed by atoms with E-state index in [0.29, 0.717) is 6.04 Å². The first-order valence-corrected chi connectivity index (χ1v) is 5.33. The maximum absolute atomic E-state index is 5.10. The van der Waals surface area contributed by atoms with E-state index < -0.39 is 0 Å². The van der Waals surface area contributed by atoms with Crippen LogP contribution in [0.3, 0.4) is 0 Å². The van der Waals surface area contributed by atoms with Gasteiger partial charge in [0.25, 0.3) is 0 Å². The molecule has 0 saturated carbocycles. The SMILES string of the molecule is C=CC(CCC)Nc1ccc(OC)cc1. The molecule has 0 fully saturated rings. The summed E-state index contributed by atoms with van der Waals surface area (Å²) in [4.78, 5) is 0. The summed E-state index contributed by atoms with van der Waals surface area (Å²) in [6.07, 6.45) is 4.21. The summed E-state index contributed by atoms with van der Waals surface area (Å²) in [5.41, 5.74) is 1.11. The summed E-state index contributed by atoms with van der Waals surface area (Å²) in [5, 5.41) is 3.41. The zero-order valence-electron chi connectivity index (χ0n) is 9.49. The number of benzene rings is 1. The standard InChI is InChI=1S/C13H19NO/c1-4-6-11(5-2)14-12-7-9-13(15-3)10-8-12/h5,7-11,14H,2,4,6H2,1,3H3. The Morgan fingerprint density at radius 2 is 2.07 bits per heavy atom. The third-order valence-corrected chi connectivity index (χ3v) is 2.33. The summed E-state index contributed by atoms with van der Waals surface area (Å²) in [5.74, 6) is 0.881. The van der Waals surface area contributed by atoms with Crippen molar-refractivity contribution in [3.8, 4) is 5.75 Å². The van der Waals surface area contributed by atoms with Gasteiger partial charge in [0.1, 0.15) is 5.75 Å². The van der Waals surface area contributed by atoms with Crippen LogP contribution in [0.2, 0.25) is 0 Å². The Bertz CT molecular complexity index is 292. The predicted molar refractivity (Wildman–Crippen MR) is 65.5 cm³/mol. The lowest BCUT2D eigenvalue weighted by Gasteiger charge is -2.15. The Morgan fingerprint density at radius 1 is 1.40 bits per heavy atom. The van der Waals surface area contributed by atoms with Crippen molar-refractivity contribution in [3.05, 3.63) is 36.9 Å². The van der Waals surface area contributed by atoms with E-state index in [9.17, 15) is 0 Å². The smallest absolute Gasteiger partial charge is 0.119 e. The van der Waals surface area contributed by atoms with E-state index in [2.05, 4.69) is 18.8 Å². The van der Waals surface area contributed by atoms with Gasteiger partial charge in [-0.05, 0) is 30.7 Å². The second-order valence-electron chi connectivity index (χ2n) is 3.50. The lowest BCUT2D eigenvalue weighted by Crippen LogP contribution is -2.15. The van der Waals surface area contributed by atoms with Gasteiger partial charge in [-0.15, -0.1) is 6.58 Å². The molecule has 82 valence electrons. The maximum Gasteiger partial charge on any atom is 0.119 e. The Kier molecular flexibility index (Phi) is 4.75. The molecule has 2 heteroatoms. The monoisotopic (exact) mass is 205 g/mol. The summed E-state index contributed by atoms with van der Waals surface area (Å²) >= 11 is 0. The summed E-state index contributed by atoms with van der Waals surface area (Å²) < 4.78 is 5.10. The molecular formula is C13H19NO. The average Bonchev–Trinajstić information content (AvgIpc) is 2.29. The van der Waals surface area contributed by atoms with Crippen LogP contribution in [0.25, 0.3) is 0 Å². The molecule has 1 aromatic carbocycles. The second-order valence-corrected chi connectivity index (χ2v) is 3.50. The Morgan fingerprint density at radius 3 is 2.53 bits per heavy atom. The van der Waals surface area contributed by atoms with Crippen LogP contribution in [0.1, 0.15) is 19.8 Å². The van der Waals surface area contributed by atoms with Gasteiger partial charge in [-0.2, -0.15) is 0 Å². The van der Waals surface area contributed by atoms with E-state index in [1.807, 2.05) is 30.3 Å². The van der Waals surface area contributed by atoms with Gasteiger partial charge in [0.05, 0.1) is 7.11 Å². The molecule has 15 heavy (non-hydrogen) atoms. The van der Waals surface area contributed by atoms with Crippen molar-refractivity contribution in [3.63, 3.8) is 0 Å². The van der Waals surface area contributed by atoms with E-state index in [-0.39, 0.29) is 0 Å². The molecule has 0 heterocycles. The summed E-state index contributed by atoms with van der Waals surface area (Å²) in [7, 11) is 1.67. The van der Waals surface area contributed by atoms with Gasteiger partial charge >= 0.3 is 0 Å². The van der Waals surface area contributed by atoms with Crippen molar-refractivity contribution >= 4 is 5.69 Å². The van der Waals surface area contributed by atoms with Crippen molar-refractivity contribution in [2.24, 2.45) is 0 Å². The highest BCUT2D eigenvalue weighted by molar-refractivity contribution is 5.47. The quantitative estimate of drug-likeness (QED) is 0.718. The van der Waals surface area contributed by atoms with Crippen molar-refractivity contribution in [2.75, 3.05) is 12.4 Å². The van der Waals surface area contributed by atoms with Gasteiger partial charge < -0.3 is 10.1 Å². The van der Waals surface area contributed by atoms with Gasteiger partial charge in [0.15, 0.2) is 0 Å². The number of rotatable bonds is 6. The van der Waals surface area contributed by atoms with E-state index in [4.69, 9.17) is 4.74 Å². The normalized spacial score (nSPS) is 11.9. The predicted octanol–water partition coefficient (Wildman–Crippen LogP) is 3.46. The summed E-state index contributed by atoms with van der Waals surface area (Å²) in [6.45, 7) is 6.00. The number of anilines is 1. The number of hydrogen-bond acceptors (Lipinski definition) is 2. The molecule has 0 aromatic heterocycles. The molecule has 0 saturated heterocycles. The third kappa shape index (κ3) is 3.66. The Balaban J connectivity index is 2.58. The largest absolute Gasteiger partial charge is 0.497 e. The topological polar surface area (TPSA) is 21.3 Å². The molecule has 0 aliphatic heterocycles. The zero-order chi connectivity index (χ0) is 11.1. The first-order valence-electron chi connectivity index (χ1n) is 5.33. The second kappa shape index (κ2) is 6.12. The van der Waals surface area contributed by atoms with Gasteiger partial charge in [-0.3, -0.25) is 0 Å². The number of methoxy groups -OCH3 is 1. The van der Waals surface area contributed by atoms with Crippen LogP contribution in [0, 0.1) is 0 Å². The zero-order valence-corrected chi connectivity index (χ0v) is 9.49. The Hall–Kier alpha value is -1.44. The number of ether oxygens (including phenoxy) is 1. The molecule has 1 unspecified atom stereocenters. The van der Waals surface area contributed by atoms with E-state index in [1.54, 1.807) is 7.11 Å². The lowest BCUT2D eigenvalue weighted by atomic mass is 10.1. The van der Waals surface area contributed by atoms with Gasteiger partial charge in [0, 0.05) is 11.7 Å². The third-order valence-electron chi connectivity index (χ3n) is 2.33. The van der Waals surface area contributed by atoms with Crippen molar-refractivity contribution in [2.45, 2.75) is 25.8 Å². The fourth-order valence-electron chi connectivity index (χ4n) is 1.46. The molecule has 2 nitrogen and oxygen atoms in total. The fraction of sp³-hybridized carbons (Fsp3) is 0.385.